The average Bonchev–Trinajstić information content (AvgIpc) is 3.33. The van der Waals surface area contributed by atoms with Gasteiger partial charge in [0.25, 0.3) is 5.91 Å². The number of pyridine rings is 1. The van der Waals surface area contributed by atoms with Crippen LogP contribution in [-0.2, 0) is 11.8 Å². The molecule has 12 heteroatoms. The summed E-state index contributed by atoms with van der Waals surface area (Å²) in [6.07, 6.45) is 3.10. The number of anilines is 1. The lowest BCUT2D eigenvalue weighted by molar-refractivity contribution is -0.116. The highest BCUT2D eigenvalue weighted by Gasteiger charge is 2.21. The van der Waals surface area contributed by atoms with E-state index in [4.69, 9.17) is 10.4 Å². The minimum atomic E-state index is -1.13. The van der Waals surface area contributed by atoms with E-state index < -0.39 is 23.8 Å². The fraction of sp³-hybridized carbons (Fsp3) is 0.250. The third-order valence-corrected chi connectivity index (χ3v) is 5.39. The summed E-state index contributed by atoms with van der Waals surface area (Å²) in [5, 5.41) is 27.6. The zero-order chi connectivity index (χ0) is 23.3. The maximum absolute atomic E-state index is 12.7. The molecule has 11 nitrogen and oxygen atoms in total. The van der Waals surface area contributed by atoms with Crippen molar-refractivity contribution >= 4 is 34.3 Å². The van der Waals surface area contributed by atoms with Crippen LogP contribution >= 0.6 is 11.3 Å². The minimum absolute atomic E-state index is 0.0294. The molecule has 0 radical (unpaired) electrons. The van der Waals surface area contributed by atoms with Gasteiger partial charge in [0.2, 0.25) is 5.91 Å². The number of aryl methyl sites for hydroxylation is 2. The molecule has 1 atom stereocenters. The Hall–Kier alpha value is -4.11. The van der Waals surface area contributed by atoms with Crippen LogP contribution in [0.5, 0.6) is 0 Å². The van der Waals surface area contributed by atoms with Gasteiger partial charge in [0, 0.05) is 25.2 Å². The number of nitrogens with one attached hydrogen (secondary N) is 2. The van der Waals surface area contributed by atoms with Crippen molar-refractivity contribution in [2.24, 2.45) is 7.05 Å². The molecule has 32 heavy (non-hydrogen) atoms. The second-order valence-corrected chi connectivity index (χ2v) is 7.83. The molecule has 0 fully saturated rings. The quantitative estimate of drug-likeness (QED) is 0.466. The Balaban J connectivity index is 1.66. The summed E-state index contributed by atoms with van der Waals surface area (Å²) < 4.78 is 1.62. The fourth-order valence-corrected chi connectivity index (χ4v) is 3.68. The molecule has 2 amide bonds. The largest absolute Gasteiger partial charge is 0.477 e. The molecule has 0 aliphatic carbocycles. The number of carbonyl (C=O) groups excluding carboxylic acids is 2. The second-order valence-electron chi connectivity index (χ2n) is 6.83. The van der Waals surface area contributed by atoms with Crippen molar-refractivity contribution in [3.63, 3.8) is 0 Å². The lowest BCUT2D eigenvalue weighted by atomic mass is 10.1. The van der Waals surface area contributed by atoms with Crippen LogP contribution in [0.4, 0.5) is 5.13 Å². The summed E-state index contributed by atoms with van der Waals surface area (Å²) >= 11 is 0.837. The SMILES string of the molecule is Cc1nc(NC(=O)C[C@H](CC#N)NC(=O)c2cccc(-c3cnn(C)c3)n2)sc1C(=O)O. The molecular weight excluding hydrogens is 434 g/mol. The van der Waals surface area contributed by atoms with E-state index in [1.54, 1.807) is 36.3 Å². The first-order chi connectivity index (χ1) is 15.3. The number of nitriles is 1. The van der Waals surface area contributed by atoms with E-state index in [2.05, 4.69) is 25.7 Å². The smallest absolute Gasteiger partial charge is 0.347 e. The Kier molecular flexibility index (Phi) is 6.91. The molecule has 164 valence electrons. The van der Waals surface area contributed by atoms with Gasteiger partial charge in [0.1, 0.15) is 10.6 Å². The number of rotatable bonds is 8. The zero-order valence-electron chi connectivity index (χ0n) is 17.2. The van der Waals surface area contributed by atoms with Gasteiger partial charge in [0.15, 0.2) is 5.13 Å². The van der Waals surface area contributed by atoms with Gasteiger partial charge in [0.05, 0.1) is 36.1 Å². The highest BCUT2D eigenvalue weighted by molar-refractivity contribution is 7.17. The molecule has 3 aromatic rings. The molecule has 3 rings (SSSR count). The first kappa shape index (κ1) is 22.6. The standard InChI is InChI=1S/C20H19N7O4S/c1-11-17(19(30)31)32-20(23-11)26-16(28)8-13(6-7-21)24-18(29)15-5-3-4-14(25-15)12-9-22-27(2)10-12/h3-5,9-10,13H,6,8H2,1-2H3,(H,24,29)(H,30,31)(H,23,26,28)/t13-/m0/s1. The van der Waals surface area contributed by atoms with Crippen LogP contribution in [0.3, 0.4) is 0 Å². The second kappa shape index (κ2) is 9.80. The summed E-state index contributed by atoms with van der Waals surface area (Å²) in [5.41, 5.74) is 1.74. The van der Waals surface area contributed by atoms with E-state index in [1.165, 1.54) is 13.0 Å². The van der Waals surface area contributed by atoms with E-state index in [1.807, 2.05) is 6.07 Å². The molecule has 0 aliphatic heterocycles. The molecule has 0 spiro atoms. The average molecular weight is 453 g/mol. The molecule has 0 aromatic carbocycles. The predicted molar refractivity (Wildman–Crippen MR) is 115 cm³/mol. The number of hydrogen-bond donors (Lipinski definition) is 3. The van der Waals surface area contributed by atoms with Crippen molar-refractivity contribution in [1.29, 1.82) is 5.26 Å². The summed E-state index contributed by atoms with van der Waals surface area (Å²) in [7, 11) is 1.77. The molecule has 0 unspecified atom stereocenters. The van der Waals surface area contributed by atoms with Gasteiger partial charge in [-0.1, -0.05) is 17.4 Å². The number of aromatic nitrogens is 4. The van der Waals surface area contributed by atoms with E-state index in [-0.39, 0.29) is 28.5 Å². The number of hydrogen-bond acceptors (Lipinski definition) is 8. The van der Waals surface area contributed by atoms with Crippen LogP contribution in [0.2, 0.25) is 0 Å². The lowest BCUT2D eigenvalue weighted by Gasteiger charge is -2.15. The third-order valence-electron chi connectivity index (χ3n) is 4.32. The van der Waals surface area contributed by atoms with Gasteiger partial charge < -0.3 is 15.7 Å². The van der Waals surface area contributed by atoms with Gasteiger partial charge in [-0.3, -0.25) is 14.3 Å². The maximum atomic E-state index is 12.7. The molecule has 3 heterocycles. The molecule has 0 aliphatic rings. The van der Waals surface area contributed by atoms with E-state index >= 15 is 0 Å². The first-order valence-electron chi connectivity index (χ1n) is 9.41. The van der Waals surface area contributed by atoms with Crippen LogP contribution in [0, 0.1) is 18.3 Å². The van der Waals surface area contributed by atoms with Crippen molar-refractivity contribution < 1.29 is 19.5 Å². The molecule has 0 bridgehead atoms. The molecule has 3 aromatic heterocycles. The van der Waals surface area contributed by atoms with Crippen LogP contribution in [0.15, 0.2) is 30.6 Å². The zero-order valence-corrected chi connectivity index (χ0v) is 18.0. The van der Waals surface area contributed by atoms with Gasteiger partial charge in [-0.2, -0.15) is 10.4 Å². The number of carbonyl (C=O) groups is 3. The molecule has 3 N–H and O–H groups in total. The molecular formula is C20H19N7O4S. The Morgan fingerprint density at radius 3 is 2.72 bits per heavy atom. The first-order valence-corrected chi connectivity index (χ1v) is 10.2. The van der Waals surface area contributed by atoms with Crippen molar-refractivity contribution in [1.82, 2.24) is 25.1 Å². The van der Waals surface area contributed by atoms with Crippen molar-refractivity contribution in [2.75, 3.05) is 5.32 Å². The van der Waals surface area contributed by atoms with Gasteiger partial charge in [-0.15, -0.1) is 0 Å². The topological polar surface area (TPSA) is 163 Å². The number of thiazole rings is 1. The van der Waals surface area contributed by atoms with Crippen LogP contribution in [0.25, 0.3) is 11.3 Å². The summed E-state index contributed by atoms with van der Waals surface area (Å²) in [5.74, 6) is -2.16. The molecule has 0 saturated carbocycles. The number of carboxylic acids is 1. The lowest BCUT2D eigenvalue weighted by Crippen LogP contribution is -2.37. The highest BCUT2D eigenvalue weighted by Crippen LogP contribution is 2.22. The van der Waals surface area contributed by atoms with E-state index in [0.717, 1.165) is 16.9 Å². The van der Waals surface area contributed by atoms with E-state index in [0.29, 0.717) is 11.4 Å². The number of aromatic carboxylic acids is 1. The van der Waals surface area contributed by atoms with Gasteiger partial charge in [-0.25, -0.2) is 14.8 Å². The minimum Gasteiger partial charge on any atom is -0.477 e. The Bertz CT molecular complexity index is 1210. The Labute approximate surface area is 186 Å². The van der Waals surface area contributed by atoms with Gasteiger partial charge >= 0.3 is 5.97 Å². The number of nitrogens with zero attached hydrogens (tertiary/aromatic N) is 5. The van der Waals surface area contributed by atoms with Gasteiger partial charge in [-0.05, 0) is 19.1 Å². The maximum Gasteiger partial charge on any atom is 0.347 e. The number of carboxylic acid groups (broad SMARTS) is 1. The van der Waals surface area contributed by atoms with Crippen molar-refractivity contribution in [3.8, 4) is 17.3 Å². The van der Waals surface area contributed by atoms with Crippen LogP contribution < -0.4 is 10.6 Å². The highest BCUT2D eigenvalue weighted by atomic mass is 32.1. The van der Waals surface area contributed by atoms with E-state index in [9.17, 15) is 14.4 Å². The molecule has 0 saturated heterocycles. The summed E-state index contributed by atoms with van der Waals surface area (Å²) in [6, 6.07) is 6.14. The summed E-state index contributed by atoms with van der Waals surface area (Å²) in [4.78, 5) is 44.5. The van der Waals surface area contributed by atoms with Crippen LogP contribution in [0.1, 0.15) is 38.7 Å². The van der Waals surface area contributed by atoms with Crippen molar-refractivity contribution in [2.45, 2.75) is 25.8 Å². The van der Waals surface area contributed by atoms with Crippen LogP contribution in [-0.4, -0.2) is 48.7 Å². The fourth-order valence-electron chi connectivity index (χ4n) is 2.86. The normalized spacial score (nSPS) is 11.4. The Morgan fingerprint density at radius 1 is 1.31 bits per heavy atom. The third kappa shape index (κ3) is 5.52. The van der Waals surface area contributed by atoms with Crippen molar-refractivity contribution in [3.05, 3.63) is 46.9 Å². The Morgan fingerprint density at radius 2 is 2.09 bits per heavy atom. The summed E-state index contributed by atoms with van der Waals surface area (Å²) in [6.45, 7) is 1.53. The predicted octanol–water partition coefficient (Wildman–Crippen LogP) is 1.99. The number of amides is 2. The monoisotopic (exact) mass is 453 g/mol.